The molecule has 5 nitrogen and oxygen atoms in total. The van der Waals surface area contributed by atoms with E-state index >= 15 is 0 Å². The maximum atomic E-state index is 5.32. The van der Waals surface area contributed by atoms with Crippen LogP contribution in [-0.2, 0) is 0 Å². The van der Waals surface area contributed by atoms with Crippen LogP contribution in [-0.4, -0.2) is 50.2 Å². The van der Waals surface area contributed by atoms with Crippen molar-refractivity contribution in [3.63, 3.8) is 0 Å². The van der Waals surface area contributed by atoms with Crippen molar-refractivity contribution >= 4 is 29.9 Å². The third-order valence-corrected chi connectivity index (χ3v) is 5.54. The lowest BCUT2D eigenvalue weighted by Crippen LogP contribution is -2.43. The topological polar surface area (TPSA) is 48.9 Å². The van der Waals surface area contributed by atoms with Crippen LogP contribution >= 0.6 is 24.0 Å². The molecular formula is C21H35IN4O. The van der Waals surface area contributed by atoms with Crippen molar-refractivity contribution in [1.82, 2.24) is 15.5 Å². The van der Waals surface area contributed by atoms with Crippen LogP contribution in [0.3, 0.4) is 0 Å². The first-order chi connectivity index (χ1) is 12.8. The second-order valence-corrected chi connectivity index (χ2v) is 7.38. The molecule has 1 aromatic carbocycles. The average molecular weight is 486 g/mol. The predicted molar refractivity (Wildman–Crippen MR) is 123 cm³/mol. The van der Waals surface area contributed by atoms with Crippen LogP contribution in [0.25, 0.3) is 0 Å². The van der Waals surface area contributed by atoms with E-state index in [1.165, 1.54) is 57.2 Å². The van der Waals surface area contributed by atoms with Gasteiger partial charge in [0.15, 0.2) is 5.96 Å². The number of ether oxygens (including phenoxy) is 1. The molecule has 6 heteroatoms. The number of rotatable bonds is 7. The van der Waals surface area contributed by atoms with E-state index in [0.29, 0.717) is 12.1 Å². The van der Waals surface area contributed by atoms with Crippen LogP contribution < -0.4 is 15.4 Å². The number of likely N-dealkylation sites (tertiary alicyclic amines) is 1. The van der Waals surface area contributed by atoms with E-state index in [-0.39, 0.29) is 24.0 Å². The highest BCUT2D eigenvalue weighted by atomic mass is 127. The number of aliphatic imine (C=N–C) groups is 1. The summed E-state index contributed by atoms with van der Waals surface area (Å²) in [4.78, 5) is 7.54. The zero-order valence-corrected chi connectivity index (χ0v) is 19.1. The first-order valence-electron chi connectivity index (χ1n) is 10.2. The second kappa shape index (κ2) is 11.7. The van der Waals surface area contributed by atoms with E-state index < -0.39 is 0 Å². The van der Waals surface area contributed by atoms with Crippen LogP contribution in [0.1, 0.15) is 57.1 Å². The van der Waals surface area contributed by atoms with Crippen molar-refractivity contribution in [3.8, 4) is 5.75 Å². The Hall–Kier alpha value is -1.02. The van der Waals surface area contributed by atoms with Gasteiger partial charge < -0.3 is 15.4 Å². The summed E-state index contributed by atoms with van der Waals surface area (Å²) in [6, 6.07) is 9.42. The van der Waals surface area contributed by atoms with Gasteiger partial charge >= 0.3 is 0 Å². The third kappa shape index (κ3) is 6.52. The van der Waals surface area contributed by atoms with Gasteiger partial charge in [-0.15, -0.1) is 24.0 Å². The zero-order valence-electron chi connectivity index (χ0n) is 16.7. The molecule has 152 valence electrons. The van der Waals surface area contributed by atoms with Gasteiger partial charge in [0.1, 0.15) is 5.75 Å². The zero-order chi connectivity index (χ0) is 18.2. The minimum absolute atomic E-state index is 0. The molecule has 1 heterocycles. The lowest BCUT2D eigenvalue weighted by molar-refractivity contribution is 0.251. The summed E-state index contributed by atoms with van der Waals surface area (Å²) in [6.07, 6.45) is 7.77. The summed E-state index contributed by atoms with van der Waals surface area (Å²) in [5.74, 6) is 1.88. The van der Waals surface area contributed by atoms with Gasteiger partial charge in [0.05, 0.1) is 19.7 Å². The summed E-state index contributed by atoms with van der Waals surface area (Å²) in [5.41, 5.74) is 1.33. The molecule has 1 saturated heterocycles. The Morgan fingerprint density at radius 1 is 1.15 bits per heavy atom. The van der Waals surface area contributed by atoms with Crippen molar-refractivity contribution in [2.24, 2.45) is 4.99 Å². The molecule has 1 unspecified atom stereocenters. The number of guanidine groups is 1. The summed E-state index contributed by atoms with van der Waals surface area (Å²) in [5, 5.41) is 7.06. The molecule has 0 amide bonds. The van der Waals surface area contributed by atoms with Gasteiger partial charge in [-0.2, -0.15) is 0 Å². The lowest BCUT2D eigenvalue weighted by atomic mass is 10.1. The predicted octanol–water partition coefficient (Wildman–Crippen LogP) is 3.95. The first-order valence-corrected chi connectivity index (χ1v) is 10.2. The van der Waals surface area contributed by atoms with Crippen molar-refractivity contribution in [1.29, 1.82) is 0 Å². The van der Waals surface area contributed by atoms with Gasteiger partial charge in [0, 0.05) is 12.6 Å². The average Bonchev–Trinajstić information content (AvgIpc) is 3.37. The Bertz CT molecular complexity index is 566. The van der Waals surface area contributed by atoms with Crippen molar-refractivity contribution in [3.05, 3.63) is 29.8 Å². The van der Waals surface area contributed by atoms with Crippen LogP contribution in [0.2, 0.25) is 0 Å². The molecule has 1 saturated carbocycles. The van der Waals surface area contributed by atoms with Gasteiger partial charge in [0.25, 0.3) is 0 Å². The van der Waals surface area contributed by atoms with Gasteiger partial charge in [-0.05, 0) is 63.4 Å². The van der Waals surface area contributed by atoms with Crippen molar-refractivity contribution in [2.45, 2.75) is 57.5 Å². The Kier molecular flexibility index (Phi) is 9.68. The minimum atomic E-state index is 0. The molecule has 1 aliphatic heterocycles. The van der Waals surface area contributed by atoms with Gasteiger partial charge in [-0.25, -0.2) is 0 Å². The number of halogens is 1. The van der Waals surface area contributed by atoms with Crippen LogP contribution in [0.15, 0.2) is 29.3 Å². The largest absolute Gasteiger partial charge is 0.497 e. The van der Waals surface area contributed by atoms with Crippen LogP contribution in [0.5, 0.6) is 5.75 Å². The molecule has 27 heavy (non-hydrogen) atoms. The SMILES string of the molecule is CCNC(=NCC(c1ccc(OC)cc1)N1CCCC1)NC1CCCC1.I. The molecule has 2 N–H and O–H groups in total. The van der Waals surface area contributed by atoms with Crippen molar-refractivity contribution < 1.29 is 4.74 Å². The van der Waals surface area contributed by atoms with E-state index in [9.17, 15) is 0 Å². The summed E-state index contributed by atoms with van der Waals surface area (Å²) < 4.78 is 5.32. The van der Waals surface area contributed by atoms with E-state index in [2.05, 4.69) is 46.7 Å². The number of methoxy groups -OCH3 is 1. The molecule has 3 rings (SSSR count). The smallest absolute Gasteiger partial charge is 0.191 e. The van der Waals surface area contributed by atoms with E-state index in [1.807, 2.05) is 0 Å². The molecule has 2 aliphatic rings. The summed E-state index contributed by atoms with van der Waals surface area (Å²) >= 11 is 0. The van der Waals surface area contributed by atoms with Gasteiger partial charge in [-0.1, -0.05) is 25.0 Å². The monoisotopic (exact) mass is 486 g/mol. The molecular weight excluding hydrogens is 451 g/mol. The van der Waals surface area contributed by atoms with Crippen molar-refractivity contribution in [2.75, 3.05) is 33.3 Å². The Balaban J connectivity index is 0.00000261. The summed E-state index contributed by atoms with van der Waals surface area (Å²) in [6.45, 7) is 6.15. The first kappa shape index (κ1) is 22.3. The molecule has 1 aromatic rings. The standard InChI is InChI=1S/C21H34N4O.HI/c1-3-22-21(24-18-8-4-5-9-18)23-16-20(25-14-6-7-15-25)17-10-12-19(26-2)13-11-17;/h10-13,18,20H,3-9,14-16H2,1-2H3,(H2,22,23,24);1H. The second-order valence-electron chi connectivity index (χ2n) is 7.38. The van der Waals surface area contributed by atoms with E-state index in [4.69, 9.17) is 9.73 Å². The fourth-order valence-corrected chi connectivity index (χ4v) is 4.07. The highest BCUT2D eigenvalue weighted by Gasteiger charge is 2.24. The maximum absolute atomic E-state index is 5.32. The molecule has 0 spiro atoms. The van der Waals surface area contributed by atoms with Crippen LogP contribution in [0.4, 0.5) is 0 Å². The normalized spacial score (nSPS) is 19.6. The number of benzene rings is 1. The third-order valence-electron chi connectivity index (χ3n) is 5.54. The highest BCUT2D eigenvalue weighted by molar-refractivity contribution is 14.0. The fourth-order valence-electron chi connectivity index (χ4n) is 4.07. The molecule has 0 aromatic heterocycles. The van der Waals surface area contributed by atoms with Gasteiger partial charge in [0.2, 0.25) is 0 Å². The van der Waals surface area contributed by atoms with Gasteiger partial charge in [-0.3, -0.25) is 9.89 Å². The minimum Gasteiger partial charge on any atom is -0.497 e. The molecule has 1 atom stereocenters. The number of nitrogens with one attached hydrogen (secondary N) is 2. The number of hydrogen-bond donors (Lipinski definition) is 2. The number of hydrogen-bond acceptors (Lipinski definition) is 3. The quantitative estimate of drug-likeness (QED) is 0.348. The molecule has 2 fully saturated rings. The summed E-state index contributed by atoms with van der Waals surface area (Å²) in [7, 11) is 1.72. The lowest BCUT2D eigenvalue weighted by Gasteiger charge is -2.27. The number of nitrogens with zero attached hydrogens (tertiary/aromatic N) is 2. The van der Waals surface area contributed by atoms with E-state index in [1.54, 1.807) is 7.11 Å². The Labute approximate surface area is 181 Å². The van der Waals surface area contributed by atoms with Crippen LogP contribution in [0, 0.1) is 0 Å². The Morgan fingerprint density at radius 2 is 1.81 bits per heavy atom. The molecule has 0 radical (unpaired) electrons. The Morgan fingerprint density at radius 3 is 2.41 bits per heavy atom. The highest BCUT2D eigenvalue weighted by Crippen LogP contribution is 2.27. The molecule has 0 bridgehead atoms. The fraction of sp³-hybridized carbons (Fsp3) is 0.667. The van der Waals surface area contributed by atoms with E-state index in [0.717, 1.165) is 24.8 Å². The molecule has 1 aliphatic carbocycles. The maximum Gasteiger partial charge on any atom is 0.191 e.